The van der Waals surface area contributed by atoms with Crippen molar-refractivity contribution in [3.8, 4) is 0 Å². The van der Waals surface area contributed by atoms with Gasteiger partial charge in [-0.15, -0.1) is 0 Å². The van der Waals surface area contributed by atoms with E-state index >= 15 is 0 Å². The number of imidazole rings is 1. The third-order valence-corrected chi connectivity index (χ3v) is 3.45. The van der Waals surface area contributed by atoms with Crippen molar-refractivity contribution < 1.29 is 0 Å². The maximum atomic E-state index is 4.55. The van der Waals surface area contributed by atoms with E-state index in [-0.39, 0.29) is 0 Å². The summed E-state index contributed by atoms with van der Waals surface area (Å²) in [6.07, 6.45) is 3.42. The first-order chi connectivity index (χ1) is 8.06. The van der Waals surface area contributed by atoms with E-state index in [0.717, 1.165) is 24.1 Å². The zero-order valence-electron chi connectivity index (χ0n) is 11.4. The van der Waals surface area contributed by atoms with Crippen LogP contribution < -0.4 is 5.32 Å². The van der Waals surface area contributed by atoms with Gasteiger partial charge in [0.25, 0.3) is 0 Å². The fourth-order valence-corrected chi connectivity index (χ4v) is 2.47. The predicted molar refractivity (Wildman–Crippen MR) is 71.4 cm³/mol. The molecular formula is C13H24N4. The summed E-state index contributed by atoms with van der Waals surface area (Å²) in [4.78, 5) is 6.95. The van der Waals surface area contributed by atoms with Gasteiger partial charge < -0.3 is 14.8 Å². The number of nitrogens with zero attached hydrogens (tertiary/aromatic N) is 3. The van der Waals surface area contributed by atoms with E-state index in [1.165, 1.54) is 19.5 Å². The average molecular weight is 236 g/mol. The van der Waals surface area contributed by atoms with Crippen LogP contribution in [-0.2, 0) is 0 Å². The number of anilines is 1. The Morgan fingerprint density at radius 3 is 2.88 bits per heavy atom. The minimum Gasteiger partial charge on any atom is -0.355 e. The van der Waals surface area contributed by atoms with E-state index in [9.17, 15) is 0 Å². The summed E-state index contributed by atoms with van der Waals surface area (Å²) < 4.78 is 2.22. The number of aryl methyl sites for hydroxylation is 1. The van der Waals surface area contributed by atoms with E-state index in [1.54, 1.807) is 0 Å². The standard InChI is InChI=1S/C13H24N4/c1-10(2)17-8-11(3)15-13(17)14-7-12-5-6-16(4)9-12/h8,10,12H,5-7,9H2,1-4H3,(H,14,15). The van der Waals surface area contributed by atoms with Crippen LogP contribution in [0.3, 0.4) is 0 Å². The Morgan fingerprint density at radius 1 is 1.53 bits per heavy atom. The van der Waals surface area contributed by atoms with Crippen molar-refractivity contribution in [2.45, 2.75) is 33.2 Å². The van der Waals surface area contributed by atoms with Gasteiger partial charge in [0.2, 0.25) is 5.95 Å². The quantitative estimate of drug-likeness (QED) is 0.869. The van der Waals surface area contributed by atoms with Crippen LogP contribution in [0.4, 0.5) is 5.95 Å². The van der Waals surface area contributed by atoms with E-state index in [0.29, 0.717) is 6.04 Å². The number of hydrogen-bond acceptors (Lipinski definition) is 3. The lowest BCUT2D eigenvalue weighted by Crippen LogP contribution is -2.20. The van der Waals surface area contributed by atoms with Crippen molar-refractivity contribution in [1.82, 2.24) is 14.5 Å². The van der Waals surface area contributed by atoms with Crippen LogP contribution in [0.15, 0.2) is 6.20 Å². The van der Waals surface area contributed by atoms with Crippen molar-refractivity contribution in [2.24, 2.45) is 5.92 Å². The lowest BCUT2D eigenvalue weighted by atomic mass is 10.1. The Morgan fingerprint density at radius 2 is 2.29 bits per heavy atom. The highest BCUT2D eigenvalue weighted by molar-refractivity contribution is 5.29. The predicted octanol–water partition coefficient (Wildman–Crippen LogP) is 2.14. The molecule has 4 heteroatoms. The normalized spacial score (nSPS) is 21.4. The van der Waals surface area contributed by atoms with Crippen molar-refractivity contribution in [3.05, 3.63) is 11.9 Å². The Kier molecular flexibility index (Phi) is 3.72. The smallest absolute Gasteiger partial charge is 0.203 e. The van der Waals surface area contributed by atoms with Crippen LogP contribution in [0.1, 0.15) is 32.0 Å². The van der Waals surface area contributed by atoms with Gasteiger partial charge in [-0.05, 0) is 46.7 Å². The summed E-state index contributed by atoms with van der Waals surface area (Å²) in [5.41, 5.74) is 1.09. The zero-order chi connectivity index (χ0) is 12.4. The highest BCUT2D eigenvalue weighted by Crippen LogP contribution is 2.18. The Bertz CT molecular complexity index is 369. The van der Waals surface area contributed by atoms with Crippen LogP contribution in [-0.4, -0.2) is 41.1 Å². The second kappa shape index (κ2) is 5.08. The van der Waals surface area contributed by atoms with Gasteiger partial charge >= 0.3 is 0 Å². The molecule has 2 rings (SSSR count). The first-order valence-corrected chi connectivity index (χ1v) is 6.54. The fourth-order valence-electron chi connectivity index (χ4n) is 2.47. The van der Waals surface area contributed by atoms with Crippen LogP contribution in [0.25, 0.3) is 0 Å². The molecular weight excluding hydrogens is 212 g/mol. The number of likely N-dealkylation sites (tertiary alicyclic amines) is 1. The minimum absolute atomic E-state index is 0.463. The van der Waals surface area contributed by atoms with Gasteiger partial charge in [0.05, 0.1) is 5.69 Å². The van der Waals surface area contributed by atoms with Gasteiger partial charge in [-0.3, -0.25) is 0 Å². The number of hydrogen-bond donors (Lipinski definition) is 1. The molecule has 17 heavy (non-hydrogen) atoms. The summed E-state index contributed by atoms with van der Waals surface area (Å²) in [6.45, 7) is 9.89. The van der Waals surface area contributed by atoms with E-state index < -0.39 is 0 Å². The van der Waals surface area contributed by atoms with Gasteiger partial charge in [-0.1, -0.05) is 0 Å². The molecule has 1 fully saturated rings. The van der Waals surface area contributed by atoms with Crippen molar-refractivity contribution in [2.75, 3.05) is 32.0 Å². The SMILES string of the molecule is Cc1cn(C(C)C)c(NCC2CCN(C)C2)n1. The Labute approximate surface area is 104 Å². The number of rotatable bonds is 4. The first kappa shape index (κ1) is 12.4. The summed E-state index contributed by atoms with van der Waals surface area (Å²) in [5.74, 6) is 1.78. The molecule has 0 aromatic carbocycles. The topological polar surface area (TPSA) is 33.1 Å². The average Bonchev–Trinajstić information content (AvgIpc) is 2.82. The second-order valence-electron chi connectivity index (χ2n) is 5.50. The lowest BCUT2D eigenvalue weighted by Gasteiger charge is -2.15. The third kappa shape index (κ3) is 3.00. The van der Waals surface area contributed by atoms with Gasteiger partial charge in [-0.2, -0.15) is 0 Å². The molecule has 96 valence electrons. The molecule has 0 spiro atoms. The number of nitrogens with one attached hydrogen (secondary N) is 1. The summed E-state index contributed by atoms with van der Waals surface area (Å²) in [7, 11) is 2.19. The molecule has 1 N–H and O–H groups in total. The highest BCUT2D eigenvalue weighted by Gasteiger charge is 2.19. The summed E-state index contributed by atoms with van der Waals surface area (Å²) in [6, 6.07) is 0.463. The first-order valence-electron chi connectivity index (χ1n) is 6.54. The van der Waals surface area contributed by atoms with Crippen LogP contribution in [0, 0.1) is 12.8 Å². The summed E-state index contributed by atoms with van der Waals surface area (Å²) in [5, 5.41) is 3.50. The molecule has 4 nitrogen and oxygen atoms in total. The zero-order valence-corrected chi connectivity index (χ0v) is 11.4. The highest BCUT2D eigenvalue weighted by atomic mass is 15.2. The van der Waals surface area contributed by atoms with Crippen LogP contribution in [0.5, 0.6) is 0 Å². The second-order valence-corrected chi connectivity index (χ2v) is 5.50. The van der Waals surface area contributed by atoms with Crippen molar-refractivity contribution >= 4 is 5.95 Å². The molecule has 1 saturated heterocycles. The molecule has 0 amide bonds. The molecule has 1 atom stereocenters. The largest absolute Gasteiger partial charge is 0.355 e. The molecule has 1 aromatic heterocycles. The fraction of sp³-hybridized carbons (Fsp3) is 0.769. The van der Waals surface area contributed by atoms with Gasteiger partial charge in [0.1, 0.15) is 0 Å². The van der Waals surface area contributed by atoms with Crippen molar-refractivity contribution in [1.29, 1.82) is 0 Å². The Hall–Kier alpha value is -1.03. The monoisotopic (exact) mass is 236 g/mol. The molecule has 1 unspecified atom stereocenters. The minimum atomic E-state index is 0.463. The molecule has 0 bridgehead atoms. The molecule has 0 aliphatic carbocycles. The van der Waals surface area contributed by atoms with Crippen LogP contribution in [0.2, 0.25) is 0 Å². The maximum Gasteiger partial charge on any atom is 0.203 e. The molecule has 1 aromatic rings. The molecule has 0 saturated carbocycles. The third-order valence-electron chi connectivity index (χ3n) is 3.45. The summed E-state index contributed by atoms with van der Waals surface area (Å²) >= 11 is 0. The van der Waals surface area contributed by atoms with Crippen molar-refractivity contribution in [3.63, 3.8) is 0 Å². The Balaban J connectivity index is 1.94. The number of aromatic nitrogens is 2. The maximum absolute atomic E-state index is 4.55. The van der Waals surface area contributed by atoms with E-state index in [4.69, 9.17) is 0 Å². The molecule has 0 radical (unpaired) electrons. The van der Waals surface area contributed by atoms with E-state index in [1.807, 2.05) is 6.92 Å². The molecule has 1 aliphatic heterocycles. The van der Waals surface area contributed by atoms with E-state index in [2.05, 4.69) is 46.9 Å². The molecule has 1 aliphatic rings. The van der Waals surface area contributed by atoms with Gasteiger partial charge in [0, 0.05) is 25.3 Å². The lowest BCUT2D eigenvalue weighted by molar-refractivity contribution is 0.398. The van der Waals surface area contributed by atoms with Gasteiger partial charge in [-0.25, -0.2) is 4.98 Å². The molecule has 2 heterocycles. The van der Waals surface area contributed by atoms with Crippen LogP contribution >= 0.6 is 0 Å². The van der Waals surface area contributed by atoms with Gasteiger partial charge in [0.15, 0.2) is 0 Å².